The molecule has 2 heterocycles. The monoisotopic (exact) mass is 314 g/mol. The van der Waals surface area contributed by atoms with Crippen LogP contribution in [0.5, 0.6) is 0 Å². The van der Waals surface area contributed by atoms with Gasteiger partial charge in [0.05, 0.1) is 11.3 Å². The number of aromatic nitrogens is 3. The number of hydrogen-bond acceptors (Lipinski definition) is 4. The fraction of sp³-hybridized carbons (Fsp3) is 0.133. The van der Waals surface area contributed by atoms with Gasteiger partial charge in [0, 0.05) is 23.5 Å². The molecular formula is C15H14N4O4. The Bertz CT molecular complexity index is 998. The van der Waals surface area contributed by atoms with E-state index in [2.05, 4.69) is 15.0 Å². The maximum absolute atomic E-state index is 12.0. The molecule has 8 heteroatoms. The Hall–Kier alpha value is -3.13. The summed E-state index contributed by atoms with van der Waals surface area (Å²) < 4.78 is 0. The smallest absolute Gasteiger partial charge is 0.325 e. The number of carboxylic acid groups (broad SMARTS) is 1. The molecule has 8 nitrogen and oxygen atoms in total. The number of carbonyl (C=O) groups is 1. The SMILES string of the molecule is N[C@@H](Cc1c(-c2c[nH]c(=O)[nH]c2=O)[nH]c2ccccc12)C(=O)O. The van der Waals surface area contributed by atoms with Crippen molar-refractivity contribution in [2.24, 2.45) is 5.73 Å². The first-order valence-corrected chi connectivity index (χ1v) is 6.87. The van der Waals surface area contributed by atoms with E-state index in [9.17, 15) is 14.4 Å². The molecule has 0 unspecified atom stereocenters. The van der Waals surface area contributed by atoms with Gasteiger partial charge in [0.15, 0.2) is 0 Å². The quantitative estimate of drug-likeness (QED) is 0.466. The van der Waals surface area contributed by atoms with Gasteiger partial charge >= 0.3 is 11.7 Å². The molecule has 1 atom stereocenters. The summed E-state index contributed by atoms with van der Waals surface area (Å²) in [5.41, 5.74) is 6.50. The van der Waals surface area contributed by atoms with E-state index in [4.69, 9.17) is 10.8 Å². The number of nitrogens with two attached hydrogens (primary N) is 1. The third-order valence-corrected chi connectivity index (χ3v) is 3.64. The number of para-hydroxylation sites is 1. The Morgan fingerprint density at radius 1 is 1.22 bits per heavy atom. The molecular weight excluding hydrogens is 300 g/mol. The van der Waals surface area contributed by atoms with Gasteiger partial charge in [-0.2, -0.15) is 0 Å². The van der Waals surface area contributed by atoms with Crippen LogP contribution in [0.25, 0.3) is 22.2 Å². The first kappa shape index (κ1) is 14.8. The lowest BCUT2D eigenvalue weighted by Gasteiger charge is -2.08. The van der Waals surface area contributed by atoms with Crippen LogP contribution in [-0.2, 0) is 11.2 Å². The van der Waals surface area contributed by atoms with Crippen LogP contribution in [-0.4, -0.2) is 32.1 Å². The number of aliphatic carboxylic acids is 1. The Morgan fingerprint density at radius 2 is 1.96 bits per heavy atom. The maximum atomic E-state index is 12.0. The highest BCUT2D eigenvalue weighted by molar-refractivity contribution is 5.91. The van der Waals surface area contributed by atoms with Crippen molar-refractivity contribution in [1.82, 2.24) is 15.0 Å². The van der Waals surface area contributed by atoms with Crippen molar-refractivity contribution in [3.05, 3.63) is 56.9 Å². The van der Waals surface area contributed by atoms with Gasteiger partial charge in [-0.3, -0.25) is 14.6 Å². The molecule has 0 spiro atoms. The summed E-state index contributed by atoms with van der Waals surface area (Å²) >= 11 is 0. The van der Waals surface area contributed by atoms with E-state index in [1.807, 2.05) is 24.3 Å². The van der Waals surface area contributed by atoms with Crippen molar-refractivity contribution in [1.29, 1.82) is 0 Å². The molecule has 0 aliphatic rings. The van der Waals surface area contributed by atoms with E-state index in [0.717, 1.165) is 10.9 Å². The van der Waals surface area contributed by atoms with Crippen molar-refractivity contribution in [2.75, 3.05) is 0 Å². The lowest BCUT2D eigenvalue weighted by atomic mass is 10.0. The number of benzene rings is 1. The second-order valence-corrected chi connectivity index (χ2v) is 5.16. The van der Waals surface area contributed by atoms with Gasteiger partial charge in [0.1, 0.15) is 6.04 Å². The minimum atomic E-state index is -1.13. The van der Waals surface area contributed by atoms with Gasteiger partial charge in [-0.05, 0) is 11.6 Å². The standard InChI is InChI=1S/C15H14N4O4/c16-10(14(21)22)5-8-7-3-1-2-4-11(7)18-12(8)9-6-17-15(23)19-13(9)20/h1-4,6,10,18H,5,16H2,(H,21,22)(H2,17,19,20,23)/t10-/m0/s1. The number of carboxylic acids is 1. The van der Waals surface area contributed by atoms with E-state index in [1.54, 1.807) is 0 Å². The molecule has 0 saturated carbocycles. The van der Waals surface area contributed by atoms with Crippen LogP contribution in [0.15, 0.2) is 40.1 Å². The van der Waals surface area contributed by atoms with Gasteiger partial charge in [0.2, 0.25) is 0 Å². The largest absolute Gasteiger partial charge is 0.480 e. The molecule has 2 aromatic heterocycles. The predicted molar refractivity (Wildman–Crippen MR) is 84.3 cm³/mol. The van der Waals surface area contributed by atoms with Crippen molar-refractivity contribution in [3.8, 4) is 11.3 Å². The van der Waals surface area contributed by atoms with Crippen LogP contribution in [0.2, 0.25) is 0 Å². The average Bonchev–Trinajstić information content (AvgIpc) is 2.86. The van der Waals surface area contributed by atoms with E-state index < -0.39 is 23.3 Å². The van der Waals surface area contributed by atoms with Gasteiger partial charge < -0.3 is 20.8 Å². The summed E-state index contributed by atoms with van der Waals surface area (Å²) in [6.07, 6.45) is 1.34. The summed E-state index contributed by atoms with van der Waals surface area (Å²) in [5.74, 6) is -1.13. The molecule has 6 N–H and O–H groups in total. The van der Waals surface area contributed by atoms with E-state index in [-0.39, 0.29) is 12.0 Å². The lowest BCUT2D eigenvalue weighted by Crippen LogP contribution is -2.32. The van der Waals surface area contributed by atoms with Crippen molar-refractivity contribution in [3.63, 3.8) is 0 Å². The zero-order chi connectivity index (χ0) is 16.6. The predicted octanol–water partition coefficient (Wildman–Crippen LogP) is 0.166. The highest BCUT2D eigenvalue weighted by atomic mass is 16.4. The normalized spacial score (nSPS) is 12.4. The second kappa shape index (κ2) is 5.58. The van der Waals surface area contributed by atoms with Crippen molar-refractivity contribution < 1.29 is 9.90 Å². The van der Waals surface area contributed by atoms with Crippen molar-refractivity contribution in [2.45, 2.75) is 12.5 Å². The van der Waals surface area contributed by atoms with Crippen LogP contribution in [0, 0.1) is 0 Å². The second-order valence-electron chi connectivity index (χ2n) is 5.16. The van der Waals surface area contributed by atoms with Crippen LogP contribution >= 0.6 is 0 Å². The fourth-order valence-electron chi connectivity index (χ4n) is 2.54. The highest BCUT2D eigenvalue weighted by Gasteiger charge is 2.21. The molecule has 0 aliphatic carbocycles. The molecule has 118 valence electrons. The molecule has 1 aromatic carbocycles. The number of hydrogen-bond donors (Lipinski definition) is 5. The first-order chi connectivity index (χ1) is 11.0. The third-order valence-electron chi connectivity index (χ3n) is 3.64. The maximum Gasteiger partial charge on any atom is 0.325 e. The number of rotatable bonds is 4. The number of nitrogens with one attached hydrogen (secondary N) is 3. The summed E-state index contributed by atoms with van der Waals surface area (Å²) in [5, 5.41) is 9.84. The van der Waals surface area contributed by atoms with Gasteiger partial charge in [0.25, 0.3) is 5.56 Å². The van der Waals surface area contributed by atoms with E-state index in [1.165, 1.54) is 6.20 Å². The van der Waals surface area contributed by atoms with E-state index in [0.29, 0.717) is 11.3 Å². The summed E-state index contributed by atoms with van der Waals surface area (Å²) in [4.78, 5) is 41.9. The third kappa shape index (κ3) is 2.67. The number of fused-ring (bicyclic) bond motifs is 1. The van der Waals surface area contributed by atoms with E-state index >= 15 is 0 Å². The zero-order valence-electron chi connectivity index (χ0n) is 11.9. The Kier molecular flexibility index (Phi) is 3.59. The summed E-state index contributed by atoms with van der Waals surface area (Å²) in [7, 11) is 0. The van der Waals surface area contributed by atoms with Crippen LogP contribution in [0.3, 0.4) is 0 Å². The Labute approximate surface area is 129 Å². The van der Waals surface area contributed by atoms with Gasteiger partial charge in [-0.1, -0.05) is 18.2 Å². The van der Waals surface area contributed by atoms with Crippen LogP contribution in [0.1, 0.15) is 5.56 Å². The lowest BCUT2D eigenvalue weighted by molar-refractivity contribution is -0.138. The van der Waals surface area contributed by atoms with Crippen LogP contribution < -0.4 is 17.0 Å². The van der Waals surface area contributed by atoms with Gasteiger partial charge in [-0.15, -0.1) is 0 Å². The Balaban J connectivity index is 2.25. The molecule has 23 heavy (non-hydrogen) atoms. The van der Waals surface area contributed by atoms with Gasteiger partial charge in [-0.25, -0.2) is 4.79 Å². The molecule has 3 rings (SSSR count). The Morgan fingerprint density at radius 3 is 2.65 bits per heavy atom. The minimum Gasteiger partial charge on any atom is -0.480 e. The average molecular weight is 314 g/mol. The zero-order valence-corrected chi connectivity index (χ0v) is 11.9. The first-order valence-electron chi connectivity index (χ1n) is 6.87. The minimum absolute atomic E-state index is 0.0489. The number of aromatic amines is 3. The highest BCUT2D eigenvalue weighted by Crippen LogP contribution is 2.29. The molecule has 0 amide bonds. The molecule has 0 saturated heterocycles. The summed E-state index contributed by atoms with van der Waals surface area (Å²) in [6.45, 7) is 0. The van der Waals surface area contributed by atoms with Crippen molar-refractivity contribution >= 4 is 16.9 Å². The molecule has 0 aliphatic heterocycles. The summed E-state index contributed by atoms with van der Waals surface area (Å²) in [6, 6.07) is 6.16. The molecule has 3 aromatic rings. The molecule has 0 radical (unpaired) electrons. The van der Waals surface area contributed by atoms with Crippen LogP contribution in [0.4, 0.5) is 0 Å². The fourth-order valence-corrected chi connectivity index (χ4v) is 2.54. The number of H-pyrrole nitrogens is 3. The molecule has 0 fully saturated rings. The topological polar surface area (TPSA) is 145 Å². The molecule has 0 bridgehead atoms.